The van der Waals surface area contributed by atoms with Gasteiger partial charge in [-0.15, -0.1) is 0 Å². The lowest BCUT2D eigenvalue weighted by Crippen LogP contribution is -2.33. The van der Waals surface area contributed by atoms with Crippen molar-refractivity contribution in [2.75, 3.05) is 32.9 Å². The van der Waals surface area contributed by atoms with Gasteiger partial charge in [-0.1, -0.05) is 0 Å². The van der Waals surface area contributed by atoms with Crippen LogP contribution in [0.3, 0.4) is 0 Å². The summed E-state index contributed by atoms with van der Waals surface area (Å²) in [6.07, 6.45) is 0.0888. The Morgan fingerprint density at radius 3 is 2.89 bits per heavy atom. The summed E-state index contributed by atoms with van der Waals surface area (Å²) in [5, 5.41) is 3.35. The highest BCUT2D eigenvalue weighted by Gasteiger charge is 2.25. The second kappa shape index (κ2) is 5.07. The van der Waals surface area contributed by atoms with Crippen LogP contribution < -0.4 is 14.8 Å². The normalized spacial score (nSPS) is 22.9. The van der Waals surface area contributed by atoms with E-state index in [1.807, 2.05) is 6.07 Å². The molecule has 18 heavy (non-hydrogen) atoms. The van der Waals surface area contributed by atoms with Gasteiger partial charge in [0.1, 0.15) is 13.2 Å². The van der Waals surface area contributed by atoms with Crippen LogP contribution in [0.2, 0.25) is 0 Å². The smallest absolute Gasteiger partial charge is 0.175 e. The lowest BCUT2D eigenvalue weighted by atomic mass is 10.0. The summed E-state index contributed by atoms with van der Waals surface area (Å²) >= 11 is 3.60. The predicted octanol–water partition coefficient (Wildman–Crippen LogP) is 2.19. The number of nitrogens with one attached hydrogen (secondary N) is 1. The third-order valence-electron chi connectivity index (χ3n) is 3.33. The van der Waals surface area contributed by atoms with E-state index in [1.165, 1.54) is 5.56 Å². The maximum absolute atomic E-state index is 5.81. The minimum atomic E-state index is 0.0888. The topological polar surface area (TPSA) is 39.7 Å². The summed E-state index contributed by atoms with van der Waals surface area (Å²) in [6, 6.07) is 2.05. The molecular formula is C13H16BrNO3. The summed E-state index contributed by atoms with van der Waals surface area (Å²) < 4.78 is 18.1. The molecule has 2 aliphatic rings. The molecule has 5 heteroatoms. The van der Waals surface area contributed by atoms with Crippen LogP contribution in [0.4, 0.5) is 0 Å². The minimum absolute atomic E-state index is 0.0888. The van der Waals surface area contributed by atoms with Gasteiger partial charge in [-0.3, -0.25) is 0 Å². The Balaban J connectivity index is 2.01. The fraction of sp³-hybridized carbons (Fsp3) is 0.538. The molecule has 2 aliphatic heterocycles. The van der Waals surface area contributed by atoms with Gasteiger partial charge >= 0.3 is 0 Å². The minimum Gasteiger partial charge on any atom is -0.486 e. The zero-order valence-corrected chi connectivity index (χ0v) is 11.9. The maximum Gasteiger partial charge on any atom is 0.175 e. The lowest BCUT2D eigenvalue weighted by Gasteiger charge is -2.28. The molecule has 0 saturated carbocycles. The lowest BCUT2D eigenvalue weighted by molar-refractivity contribution is 0.0269. The van der Waals surface area contributed by atoms with Gasteiger partial charge in [0.15, 0.2) is 11.5 Å². The fourth-order valence-electron chi connectivity index (χ4n) is 2.36. The number of rotatable bonds is 1. The molecule has 0 radical (unpaired) electrons. The standard InChI is InChI=1S/C13H16BrNO3/c1-8-9(11-7-15-2-3-16-11)6-10-13(12(8)14)18-5-4-17-10/h6,11,15H,2-5,7H2,1H3. The van der Waals surface area contributed by atoms with Crippen LogP contribution in [-0.4, -0.2) is 32.9 Å². The average Bonchev–Trinajstić information content (AvgIpc) is 2.44. The van der Waals surface area contributed by atoms with Crippen LogP contribution in [0, 0.1) is 6.92 Å². The van der Waals surface area contributed by atoms with Crippen molar-refractivity contribution >= 4 is 15.9 Å². The first-order valence-electron chi connectivity index (χ1n) is 6.18. The summed E-state index contributed by atoms with van der Waals surface area (Å²) in [4.78, 5) is 0. The first-order valence-corrected chi connectivity index (χ1v) is 6.97. The van der Waals surface area contributed by atoms with Crippen LogP contribution in [0.1, 0.15) is 17.2 Å². The van der Waals surface area contributed by atoms with E-state index < -0.39 is 0 Å². The highest BCUT2D eigenvalue weighted by molar-refractivity contribution is 9.10. The van der Waals surface area contributed by atoms with Gasteiger partial charge in [-0.25, -0.2) is 0 Å². The summed E-state index contributed by atoms with van der Waals surface area (Å²) in [5.41, 5.74) is 2.33. The monoisotopic (exact) mass is 313 g/mol. The zero-order valence-electron chi connectivity index (χ0n) is 10.3. The number of hydrogen-bond donors (Lipinski definition) is 1. The van der Waals surface area contributed by atoms with E-state index in [4.69, 9.17) is 14.2 Å². The molecule has 0 spiro atoms. The van der Waals surface area contributed by atoms with Crippen LogP contribution in [0.5, 0.6) is 11.5 Å². The van der Waals surface area contributed by atoms with Crippen molar-refractivity contribution in [3.63, 3.8) is 0 Å². The summed E-state index contributed by atoms with van der Waals surface area (Å²) in [6.45, 7) is 5.79. The third kappa shape index (κ3) is 2.11. The van der Waals surface area contributed by atoms with Crippen molar-refractivity contribution < 1.29 is 14.2 Å². The molecular weight excluding hydrogens is 298 g/mol. The Morgan fingerprint density at radius 2 is 2.11 bits per heavy atom. The Hall–Kier alpha value is -0.780. The van der Waals surface area contributed by atoms with Crippen LogP contribution in [0.15, 0.2) is 10.5 Å². The van der Waals surface area contributed by atoms with Crippen LogP contribution in [0.25, 0.3) is 0 Å². The molecule has 1 N–H and O–H groups in total. The van der Waals surface area contributed by atoms with Crippen molar-refractivity contribution in [2.24, 2.45) is 0 Å². The first kappa shape index (κ1) is 12.3. The van der Waals surface area contributed by atoms with E-state index in [0.717, 1.165) is 41.2 Å². The Kier molecular flexibility index (Phi) is 3.46. The second-order valence-electron chi connectivity index (χ2n) is 4.49. The number of hydrogen-bond acceptors (Lipinski definition) is 4. The average molecular weight is 314 g/mol. The van der Waals surface area contributed by atoms with Gasteiger partial charge in [0.25, 0.3) is 0 Å². The Labute approximate surface area is 115 Å². The summed E-state index contributed by atoms with van der Waals surface area (Å²) in [5.74, 6) is 1.62. The first-order chi connectivity index (χ1) is 8.77. The highest BCUT2D eigenvalue weighted by Crippen LogP contribution is 2.43. The fourth-order valence-corrected chi connectivity index (χ4v) is 2.90. The van der Waals surface area contributed by atoms with E-state index in [1.54, 1.807) is 0 Å². The number of halogens is 1. The molecule has 1 aromatic rings. The number of fused-ring (bicyclic) bond motifs is 1. The molecule has 2 heterocycles. The molecule has 1 atom stereocenters. The van der Waals surface area contributed by atoms with Gasteiger partial charge in [-0.05, 0) is 40.0 Å². The van der Waals surface area contributed by atoms with Gasteiger partial charge < -0.3 is 19.5 Å². The quantitative estimate of drug-likeness (QED) is 0.862. The third-order valence-corrected chi connectivity index (χ3v) is 4.29. The Bertz CT molecular complexity index is 458. The van der Waals surface area contributed by atoms with Gasteiger partial charge in [0.2, 0.25) is 0 Å². The summed E-state index contributed by atoms with van der Waals surface area (Å²) in [7, 11) is 0. The van der Waals surface area contributed by atoms with Gasteiger partial charge in [-0.2, -0.15) is 0 Å². The van der Waals surface area contributed by atoms with E-state index >= 15 is 0 Å². The van der Waals surface area contributed by atoms with Crippen molar-refractivity contribution in [2.45, 2.75) is 13.0 Å². The molecule has 3 rings (SSSR count). The number of morpholine rings is 1. The van der Waals surface area contributed by atoms with Crippen LogP contribution >= 0.6 is 15.9 Å². The van der Waals surface area contributed by atoms with Crippen LogP contribution in [-0.2, 0) is 4.74 Å². The van der Waals surface area contributed by atoms with Gasteiger partial charge in [0, 0.05) is 13.1 Å². The highest BCUT2D eigenvalue weighted by atomic mass is 79.9. The molecule has 0 bridgehead atoms. The number of benzene rings is 1. The zero-order chi connectivity index (χ0) is 12.5. The van der Waals surface area contributed by atoms with E-state index in [9.17, 15) is 0 Å². The number of ether oxygens (including phenoxy) is 3. The molecule has 1 fully saturated rings. The molecule has 1 unspecified atom stereocenters. The van der Waals surface area contributed by atoms with Crippen molar-refractivity contribution in [1.82, 2.24) is 5.32 Å². The predicted molar refractivity (Wildman–Crippen MR) is 71.4 cm³/mol. The molecule has 1 saturated heterocycles. The van der Waals surface area contributed by atoms with Crippen molar-refractivity contribution in [1.29, 1.82) is 0 Å². The Morgan fingerprint density at radius 1 is 1.28 bits per heavy atom. The van der Waals surface area contributed by atoms with Crippen molar-refractivity contribution in [3.05, 3.63) is 21.7 Å². The van der Waals surface area contributed by atoms with E-state index in [-0.39, 0.29) is 6.10 Å². The molecule has 0 aliphatic carbocycles. The van der Waals surface area contributed by atoms with Gasteiger partial charge in [0.05, 0.1) is 17.2 Å². The largest absolute Gasteiger partial charge is 0.486 e. The maximum atomic E-state index is 5.81. The SMILES string of the molecule is Cc1c(C2CNCCO2)cc2c(c1Br)OCCO2. The van der Waals surface area contributed by atoms with E-state index in [0.29, 0.717) is 13.2 Å². The van der Waals surface area contributed by atoms with E-state index in [2.05, 4.69) is 28.2 Å². The molecule has 0 aromatic heterocycles. The molecule has 0 amide bonds. The second-order valence-corrected chi connectivity index (χ2v) is 5.29. The molecule has 98 valence electrons. The molecule has 4 nitrogen and oxygen atoms in total. The van der Waals surface area contributed by atoms with Crippen molar-refractivity contribution in [3.8, 4) is 11.5 Å². The molecule has 1 aromatic carbocycles.